The molecule has 0 saturated carbocycles. The number of hydrogen-bond acceptors (Lipinski definition) is 6. The quantitative estimate of drug-likeness (QED) is 0.155. The molecule has 0 spiro atoms. The predicted octanol–water partition coefficient (Wildman–Crippen LogP) is 13.6. The fraction of sp³-hybridized carbons (Fsp3) is 0.231. The molecule has 0 fully saturated rings. The first kappa shape index (κ1) is 27.9. The molecule has 6 bridgehead atoms. The van der Waals surface area contributed by atoms with Crippen LogP contribution in [-0.2, 0) is 34.5 Å². The predicted molar refractivity (Wildman–Crippen MR) is 211 cm³/mol. The monoisotopic (exact) mass is 690 g/mol. The Bertz CT molecular complexity index is 2270. The molecule has 3 aliphatic heterocycles. The van der Waals surface area contributed by atoms with E-state index in [0.717, 1.165) is 34.5 Å². The highest BCUT2D eigenvalue weighted by atomic mass is 32.2. The summed E-state index contributed by atoms with van der Waals surface area (Å²) in [7, 11) is 0. The summed E-state index contributed by atoms with van der Waals surface area (Å²) in [4.78, 5) is 0. The fourth-order valence-corrected chi connectivity index (χ4v) is 14.9. The molecule has 0 radical (unpaired) electrons. The van der Waals surface area contributed by atoms with Crippen molar-refractivity contribution in [1.29, 1.82) is 0 Å². The van der Waals surface area contributed by atoms with E-state index in [-0.39, 0.29) is 0 Å². The van der Waals surface area contributed by atoms with Crippen LogP contribution in [0, 0.1) is 20.8 Å². The molecule has 3 aromatic carbocycles. The van der Waals surface area contributed by atoms with E-state index in [1.54, 1.807) is 33.4 Å². The van der Waals surface area contributed by atoms with Crippen LogP contribution < -0.4 is 0 Å². The first-order chi connectivity index (χ1) is 22.0. The van der Waals surface area contributed by atoms with Crippen molar-refractivity contribution >= 4 is 130 Å². The molecule has 7 heterocycles. The van der Waals surface area contributed by atoms with E-state index in [2.05, 4.69) is 111 Å². The van der Waals surface area contributed by atoms with Crippen LogP contribution in [0.4, 0.5) is 0 Å². The number of aryl methyl sites for hydroxylation is 3. The maximum absolute atomic E-state index is 2.51. The van der Waals surface area contributed by atoms with Crippen LogP contribution in [0.15, 0.2) is 54.6 Å². The molecule has 45 heavy (non-hydrogen) atoms. The van der Waals surface area contributed by atoms with Gasteiger partial charge >= 0.3 is 0 Å². The van der Waals surface area contributed by atoms with Gasteiger partial charge in [-0.05, 0) is 125 Å². The van der Waals surface area contributed by atoms with Gasteiger partial charge in [0, 0.05) is 95.0 Å². The highest BCUT2D eigenvalue weighted by Gasteiger charge is 2.23. The molecule has 0 amide bonds. The van der Waals surface area contributed by atoms with E-state index in [0.29, 0.717) is 0 Å². The third-order valence-electron chi connectivity index (χ3n) is 10.1. The van der Waals surface area contributed by atoms with Gasteiger partial charge in [-0.1, -0.05) is 0 Å². The van der Waals surface area contributed by atoms with Crippen molar-refractivity contribution < 1.29 is 0 Å². The lowest BCUT2D eigenvalue weighted by molar-refractivity contribution is 1.31. The Morgan fingerprint density at radius 2 is 0.622 bits per heavy atom. The van der Waals surface area contributed by atoms with E-state index < -0.39 is 0 Å². The third kappa shape index (κ3) is 4.12. The van der Waals surface area contributed by atoms with Gasteiger partial charge in [0.2, 0.25) is 0 Å². The summed E-state index contributed by atoms with van der Waals surface area (Å²) < 4.78 is 8.45. The van der Waals surface area contributed by atoms with Gasteiger partial charge in [0.05, 0.1) is 0 Å². The molecule has 10 rings (SSSR count). The molecule has 7 aromatic rings. The van der Waals surface area contributed by atoms with Crippen LogP contribution in [0.2, 0.25) is 0 Å². The minimum absolute atomic E-state index is 1.11. The number of rotatable bonds is 0. The zero-order valence-corrected chi connectivity index (χ0v) is 30.3. The highest BCUT2D eigenvalue weighted by Crippen LogP contribution is 2.47. The van der Waals surface area contributed by atoms with Gasteiger partial charge in [-0.2, -0.15) is 35.3 Å². The van der Waals surface area contributed by atoms with Gasteiger partial charge in [-0.3, -0.25) is 0 Å². The zero-order valence-electron chi connectivity index (χ0n) is 25.4. The molecule has 3 aliphatic rings. The molecule has 4 aromatic heterocycles. The smallest absolute Gasteiger partial charge is 0.0359 e. The van der Waals surface area contributed by atoms with Crippen LogP contribution >= 0.6 is 69.3 Å². The normalized spacial score (nSPS) is 15.5. The average Bonchev–Trinajstić information content (AvgIpc) is 3.87. The Hall–Kier alpha value is -2.19. The van der Waals surface area contributed by atoms with Crippen molar-refractivity contribution in [2.24, 2.45) is 0 Å². The Labute approximate surface area is 287 Å². The van der Waals surface area contributed by atoms with Gasteiger partial charge < -0.3 is 0 Å². The van der Waals surface area contributed by atoms with Crippen LogP contribution in [0.1, 0.15) is 50.1 Å². The minimum atomic E-state index is 1.11. The average molecular weight is 691 g/mol. The molecular formula is C39H30S6. The number of hydrogen-bond donors (Lipinski definition) is 0. The summed E-state index contributed by atoms with van der Waals surface area (Å²) in [5, 5.41) is 8.72. The second kappa shape index (κ2) is 10.4. The molecule has 0 aliphatic carbocycles. The van der Waals surface area contributed by atoms with Gasteiger partial charge in [-0.15, -0.1) is 34.0 Å². The van der Waals surface area contributed by atoms with Crippen molar-refractivity contribution in [3.8, 4) is 0 Å². The van der Waals surface area contributed by atoms with Crippen LogP contribution in [0.3, 0.4) is 0 Å². The molecule has 6 heteroatoms. The Morgan fingerprint density at radius 1 is 0.356 bits per heavy atom. The fourth-order valence-electron chi connectivity index (χ4n) is 7.91. The number of thioether (sulfide) groups is 3. The van der Waals surface area contributed by atoms with Crippen LogP contribution in [0.5, 0.6) is 0 Å². The lowest BCUT2D eigenvalue weighted by Crippen LogP contribution is -1.89. The van der Waals surface area contributed by atoms with Crippen LogP contribution in [-0.4, -0.2) is 0 Å². The van der Waals surface area contributed by atoms with E-state index in [4.69, 9.17) is 0 Å². The Balaban J connectivity index is 1.51. The Morgan fingerprint density at radius 3 is 0.933 bits per heavy atom. The summed E-state index contributed by atoms with van der Waals surface area (Å²) in [5.74, 6) is 6.71. The van der Waals surface area contributed by atoms with Gasteiger partial charge in [0.15, 0.2) is 0 Å². The first-order valence-electron chi connectivity index (χ1n) is 15.5. The second-order valence-corrected chi connectivity index (χ2v) is 18.9. The molecule has 0 N–H and O–H groups in total. The number of benzene rings is 3. The van der Waals surface area contributed by atoms with E-state index in [9.17, 15) is 0 Å². The number of fused-ring (bicyclic) bond motifs is 21. The van der Waals surface area contributed by atoms with Crippen molar-refractivity contribution in [3.63, 3.8) is 0 Å². The molecule has 0 nitrogen and oxygen atoms in total. The maximum Gasteiger partial charge on any atom is 0.0359 e. The number of thiophene rings is 3. The van der Waals surface area contributed by atoms with Crippen molar-refractivity contribution in [1.82, 2.24) is 0 Å². The molecule has 222 valence electrons. The maximum atomic E-state index is 2.51. The van der Waals surface area contributed by atoms with Gasteiger partial charge in [0.25, 0.3) is 0 Å². The summed E-state index contributed by atoms with van der Waals surface area (Å²) in [6.45, 7) is 7.01. The summed E-state index contributed by atoms with van der Waals surface area (Å²) in [6, 6.07) is 22.1. The molecule has 0 unspecified atom stereocenters. The molecule has 0 saturated heterocycles. The van der Waals surface area contributed by atoms with Gasteiger partial charge in [0.1, 0.15) is 0 Å². The summed E-state index contributed by atoms with van der Waals surface area (Å²) in [5.41, 5.74) is 13.8. The lowest BCUT2D eigenvalue weighted by Gasteiger charge is -2.09. The van der Waals surface area contributed by atoms with Crippen molar-refractivity contribution in [2.75, 3.05) is 0 Å². The molecular weight excluding hydrogens is 661 g/mol. The minimum Gasteiger partial charge on any atom is -0.152 e. The SMILES string of the molecule is Cc1cc2c3ccc(s3)c3c4c(c(C)cc3c3ccc(s3)c3c5c(c(C)cc3c3ccc(s3)c2c2c1CSC2)CSC5)CSC4. The topological polar surface area (TPSA) is 0 Å². The van der Waals surface area contributed by atoms with Crippen molar-refractivity contribution in [3.05, 3.63) is 105 Å². The van der Waals surface area contributed by atoms with E-state index in [1.807, 2.05) is 34.0 Å². The third-order valence-corrected chi connectivity index (χ3v) is 16.5. The summed E-state index contributed by atoms with van der Waals surface area (Å²) >= 11 is 12.3. The first-order valence-corrected chi connectivity index (χ1v) is 21.5. The standard InChI is InChI=1S/C39H30S6/c1-19-10-22-31-4-7-35(43-31)38-24(12-21(3)26-14-41-17-29(26)38)33-6-9-36(45-33)39-23(11-20(2)27-15-42-18-30(27)39)32-5-8-34(44-32)37(22)28-16-40-13-25(19)28/h4-12H,13-18H2,1-3H3. The van der Waals surface area contributed by atoms with Gasteiger partial charge in [-0.25, -0.2) is 0 Å². The zero-order chi connectivity index (χ0) is 30.0. The van der Waals surface area contributed by atoms with E-state index >= 15 is 0 Å². The largest absolute Gasteiger partial charge is 0.152 e. The van der Waals surface area contributed by atoms with Crippen molar-refractivity contribution in [2.45, 2.75) is 55.3 Å². The summed E-state index contributed by atoms with van der Waals surface area (Å²) in [6.07, 6.45) is 0. The lowest BCUT2D eigenvalue weighted by atomic mass is 9.97. The van der Waals surface area contributed by atoms with E-state index in [1.165, 1.54) is 77.2 Å². The highest BCUT2D eigenvalue weighted by molar-refractivity contribution is 7.98. The van der Waals surface area contributed by atoms with Crippen LogP contribution in [0.25, 0.3) is 60.5 Å². The second-order valence-electron chi connectivity index (χ2n) is 12.7. The molecule has 0 atom stereocenters. The Kier molecular flexibility index (Phi) is 6.45.